The molecule has 86 valence electrons. The van der Waals surface area contributed by atoms with E-state index in [4.69, 9.17) is 14.8 Å². The van der Waals surface area contributed by atoms with E-state index in [0.29, 0.717) is 13.0 Å². The van der Waals surface area contributed by atoms with Crippen molar-refractivity contribution >= 4 is 13.2 Å². The number of hydrogen-bond donors (Lipinski definition) is 2. The fourth-order valence-corrected chi connectivity index (χ4v) is 1.65. The van der Waals surface area contributed by atoms with Gasteiger partial charge in [-0.05, 0) is 33.6 Å². The molecule has 0 spiro atoms. The summed E-state index contributed by atoms with van der Waals surface area (Å²) < 4.78 is 5.17. The molecule has 0 aromatic carbocycles. The third kappa shape index (κ3) is 3.39. The summed E-state index contributed by atoms with van der Waals surface area (Å²) in [5.41, 5.74) is -0.551. The van der Waals surface area contributed by atoms with Gasteiger partial charge < -0.3 is 19.7 Å². The number of amides is 1. The van der Waals surface area contributed by atoms with Crippen LogP contribution in [0.3, 0.4) is 0 Å². The van der Waals surface area contributed by atoms with Crippen LogP contribution in [0.1, 0.15) is 33.6 Å². The lowest BCUT2D eigenvalue weighted by atomic mass is 9.78. The highest BCUT2D eigenvalue weighted by Gasteiger charge is 2.38. The highest BCUT2D eigenvalue weighted by molar-refractivity contribution is 6.43. The van der Waals surface area contributed by atoms with Crippen molar-refractivity contribution < 1.29 is 19.6 Å². The van der Waals surface area contributed by atoms with Gasteiger partial charge in [0.2, 0.25) is 0 Å². The number of carbonyl (C=O) groups excluding carboxylic acids is 1. The Hall–Kier alpha value is -0.745. The first kappa shape index (κ1) is 12.3. The average molecular weight is 215 g/mol. The number of likely N-dealkylation sites (tertiary alicyclic amines) is 1. The third-order valence-corrected chi connectivity index (χ3v) is 2.27. The predicted octanol–water partition coefficient (Wildman–Crippen LogP) is 0.398. The maximum Gasteiger partial charge on any atom is 0.475 e. The van der Waals surface area contributed by atoms with Gasteiger partial charge in [0.15, 0.2) is 0 Å². The molecule has 1 heterocycles. The zero-order valence-electron chi connectivity index (χ0n) is 9.43. The van der Waals surface area contributed by atoms with E-state index in [-0.39, 0.29) is 0 Å². The molecule has 2 N–H and O–H groups in total. The summed E-state index contributed by atoms with van der Waals surface area (Å²) >= 11 is 0. The van der Waals surface area contributed by atoms with Crippen LogP contribution in [0.15, 0.2) is 0 Å². The average Bonchev–Trinajstić information content (AvgIpc) is 2.47. The van der Waals surface area contributed by atoms with Gasteiger partial charge in [0.1, 0.15) is 5.60 Å². The summed E-state index contributed by atoms with van der Waals surface area (Å²) in [5.74, 6) is -0.528. The van der Waals surface area contributed by atoms with E-state index in [9.17, 15) is 4.79 Å². The fourth-order valence-electron chi connectivity index (χ4n) is 1.65. The van der Waals surface area contributed by atoms with Crippen molar-refractivity contribution in [3.8, 4) is 0 Å². The van der Waals surface area contributed by atoms with Crippen molar-refractivity contribution in [1.82, 2.24) is 4.90 Å². The molecule has 1 rings (SSSR count). The van der Waals surface area contributed by atoms with Gasteiger partial charge in [0.05, 0.1) is 5.94 Å². The third-order valence-electron chi connectivity index (χ3n) is 2.27. The van der Waals surface area contributed by atoms with Crippen molar-refractivity contribution in [2.24, 2.45) is 0 Å². The number of rotatable bonds is 1. The lowest BCUT2D eigenvalue weighted by Gasteiger charge is -2.28. The second-order valence-electron chi connectivity index (χ2n) is 4.80. The number of carbonyl (C=O) groups is 1. The van der Waals surface area contributed by atoms with Crippen molar-refractivity contribution in [2.45, 2.75) is 45.2 Å². The first-order valence-electron chi connectivity index (χ1n) is 5.17. The summed E-state index contributed by atoms with van der Waals surface area (Å²) in [6, 6.07) is 0. The van der Waals surface area contributed by atoms with Gasteiger partial charge in [-0.1, -0.05) is 0 Å². The van der Waals surface area contributed by atoms with E-state index in [2.05, 4.69) is 0 Å². The Labute approximate surface area is 90.2 Å². The van der Waals surface area contributed by atoms with Gasteiger partial charge >= 0.3 is 13.2 Å². The molecule has 0 aliphatic carbocycles. The molecule has 0 unspecified atom stereocenters. The molecule has 1 amide bonds. The smallest absolute Gasteiger partial charge is 0.444 e. The second-order valence-corrected chi connectivity index (χ2v) is 4.80. The summed E-state index contributed by atoms with van der Waals surface area (Å²) in [7, 11) is -1.49. The van der Waals surface area contributed by atoms with E-state index in [1.54, 1.807) is 20.8 Å². The Morgan fingerprint density at radius 3 is 2.53 bits per heavy atom. The normalized spacial score (nSPS) is 21.7. The van der Waals surface area contributed by atoms with Crippen LogP contribution in [0.25, 0.3) is 0 Å². The lowest BCUT2D eigenvalue weighted by molar-refractivity contribution is 0.0252. The summed E-state index contributed by atoms with van der Waals surface area (Å²) in [6.07, 6.45) is 0.913. The predicted molar refractivity (Wildman–Crippen MR) is 56.2 cm³/mol. The van der Waals surface area contributed by atoms with Crippen molar-refractivity contribution in [1.29, 1.82) is 0 Å². The van der Waals surface area contributed by atoms with Crippen LogP contribution >= 0.6 is 0 Å². The Morgan fingerprint density at radius 1 is 1.47 bits per heavy atom. The minimum atomic E-state index is -1.49. The SMILES string of the molecule is CC(C)(C)OC(=O)N1CCC[C@@H]1B(O)O. The molecule has 1 aliphatic heterocycles. The van der Waals surface area contributed by atoms with E-state index >= 15 is 0 Å². The van der Waals surface area contributed by atoms with E-state index < -0.39 is 24.8 Å². The zero-order chi connectivity index (χ0) is 11.6. The zero-order valence-corrected chi connectivity index (χ0v) is 9.43. The first-order chi connectivity index (χ1) is 6.81. The molecule has 15 heavy (non-hydrogen) atoms. The maximum atomic E-state index is 11.7. The molecule has 0 saturated carbocycles. The Morgan fingerprint density at radius 2 is 2.07 bits per heavy atom. The van der Waals surface area contributed by atoms with Gasteiger partial charge in [0, 0.05) is 6.54 Å². The van der Waals surface area contributed by atoms with Gasteiger partial charge in [-0.15, -0.1) is 0 Å². The van der Waals surface area contributed by atoms with Crippen molar-refractivity contribution in [3.63, 3.8) is 0 Å². The quantitative estimate of drug-likeness (QED) is 0.621. The minimum Gasteiger partial charge on any atom is -0.444 e. The molecule has 6 heteroatoms. The summed E-state index contributed by atoms with van der Waals surface area (Å²) in [5, 5.41) is 18.2. The van der Waals surface area contributed by atoms with Crippen LogP contribution in [0.5, 0.6) is 0 Å². The highest BCUT2D eigenvalue weighted by Crippen LogP contribution is 2.21. The van der Waals surface area contributed by atoms with Gasteiger partial charge in [-0.25, -0.2) is 4.79 Å². The molecule has 0 aromatic heterocycles. The fraction of sp³-hybridized carbons (Fsp3) is 0.889. The summed E-state index contributed by atoms with van der Waals surface area (Å²) in [6.45, 7) is 5.87. The van der Waals surface area contributed by atoms with Gasteiger partial charge in [-0.3, -0.25) is 0 Å². The second kappa shape index (κ2) is 4.41. The van der Waals surface area contributed by atoms with E-state index in [1.165, 1.54) is 4.90 Å². The standard InChI is InChI=1S/C9H18BNO4/c1-9(2,3)15-8(12)11-6-4-5-7(11)10(13)14/h7,13-14H,4-6H2,1-3H3/t7-/m1/s1. The molecule has 0 bridgehead atoms. The molecule has 1 atom stereocenters. The molecule has 0 aromatic rings. The topological polar surface area (TPSA) is 70.0 Å². The molecular weight excluding hydrogens is 197 g/mol. The van der Waals surface area contributed by atoms with Gasteiger partial charge in [-0.2, -0.15) is 0 Å². The van der Waals surface area contributed by atoms with Crippen LogP contribution in [-0.2, 0) is 4.74 Å². The Kier molecular flexibility index (Phi) is 3.62. The van der Waals surface area contributed by atoms with Crippen LogP contribution in [0.2, 0.25) is 0 Å². The molecule has 5 nitrogen and oxygen atoms in total. The molecule has 1 aliphatic rings. The maximum absolute atomic E-state index is 11.7. The van der Waals surface area contributed by atoms with Crippen LogP contribution in [-0.4, -0.2) is 46.2 Å². The highest BCUT2D eigenvalue weighted by atomic mass is 16.6. The Balaban J connectivity index is 2.59. The van der Waals surface area contributed by atoms with Gasteiger partial charge in [0.25, 0.3) is 0 Å². The number of hydrogen-bond acceptors (Lipinski definition) is 4. The van der Waals surface area contributed by atoms with Crippen LogP contribution in [0, 0.1) is 0 Å². The Bertz CT molecular complexity index is 239. The molecule has 0 radical (unpaired) electrons. The van der Waals surface area contributed by atoms with E-state index in [0.717, 1.165) is 6.42 Å². The van der Waals surface area contributed by atoms with Crippen molar-refractivity contribution in [2.75, 3.05) is 6.54 Å². The molecule has 1 saturated heterocycles. The summed E-state index contributed by atoms with van der Waals surface area (Å²) in [4.78, 5) is 13.0. The minimum absolute atomic E-state index is 0.474. The number of ether oxygens (including phenoxy) is 1. The largest absolute Gasteiger partial charge is 0.475 e. The van der Waals surface area contributed by atoms with Crippen LogP contribution in [0.4, 0.5) is 4.79 Å². The number of nitrogens with zero attached hydrogens (tertiary/aromatic N) is 1. The first-order valence-corrected chi connectivity index (χ1v) is 5.17. The van der Waals surface area contributed by atoms with Crippen LogP contribution < -0.4 is 0 Å². The molecular formula is C9H18BNO4. The van der Waals surface area contributed by atoms with E-state index in [1.807, 2.05) is 0 Å². The lowest BCUT2D eigenvalue weighted by Crippen LogP contribution is -2.47. The monoisotopic (exact) mass is 215 g/mol. The van der Waals surface area contributed by atoms with Crippen molar-refractivity contribution in [3.05, 3.63) is 0 Å². The molecule has 1 fully saturated rings.